The molecule has 0 saturated carbocycles. The van der Waals surface area contributed by atoms with Gasteiger partial charge in [0.05, 0.1) is 6.67 Å². The van der Waals surface area contributed by atoms with E-state index in [0.29, 0.717) is 0 Å². The van der Waals surface area contributed by atoms with E-state index in [1.165, 1.54) is 5.70 Å². The fraction of sp³-hybridized carbons (Fsp3) is 0.333. The van der Waals surface area contributed by atoms with Gasteiger partial charge in [-0.15, -0.1) is 0 Å². The van der Waals surface area contributed by atoms with E-state index < -0.39 is 0 Å². The molecule has 92 valence electrons. The van der Waals surface area contributed by atoms with E-state index in [2.05, 4.69) is 61.5 Å². The molecule has 0 heterocycles. The van der Waals surface area contributed by atoms with Crippen molar-refractivity contribution in [1.82, 2.24) is 4.90 Å². The van der Waals surface area contributed by atoms with Crippen LogP contribution in [0, 0.1) is 0 Å². The van der Waals surface area contributed by atoms with E-state index in [4.69, 9.17) is 0 Å². The Morgan fingerprint density at radius 2 is 2.00 bits per heavy atom. The molecule has 0 aliphatic rings. The second kappa shape index (κ2) is 7.55. The topological polar surface area (TPSA) is 15.3 Å². The van der Waals surface area contributed by atoms with Gasteiger partial charge in [0.1, 0.15) is 0 Å². The average Bonchev–Trinajstić information content (AvgIpc) is 2.38. The Balaban J connectivity index is 2.48. The highest BCUT2D eigenvalue weighted by Gasteiger charge is 1.99. The summed E-state index contributed by atoms with van der Waals surface area (Å²) in [6, 6.07) is 10.2. The van der Waals surface area contributed by atoms with Crippen LogP contribution in [-0.4, -0.2) is 18.6 Å². The van der Waals surface area contributed by atoms with Gasteiger partial charge in [-0.1, -0.05) is 37.3 Å². The fourth-order valence-corrected chi connectivity index (χ4v) is 1.54. The maximum atomic E-state index is 3.39. The van der Waals surface area contributed by atoms with E-state index in [1.54, 1.807) is 0 Å². The molecule has 2 nitrogen and oxygen atoms in total. The quantitative estimate of drug-likeness (QED) is 0.589. The molecule has 0 amide bonds. The van der Waals surface area contributed by atoms with Gasteiger partial charge in [-0.05, 0) is 31.6 Å². The summed E-state index contributed by atoms with van der Waals surface area (Å²) in [5.41, 5.74) is 2.38. The predicted molar refractivity (Wildman–Crippen MR) is 75.9 cm³/mol. The zero-order valence-corrected chi connectivity index (χ0v) is 11.0. The molecule has 1 N–H and O–H groups in total. The minimum atomic E-state index is 0.803. The molecule has 0 spiro atoms. The van der Waals surface area contributed by atoms with Crippen molar-refractivity contribution in [2.24, 2.45) is 0 Å². The molecule has 0 atom stereocenters. The van der Waals surface area contributed by atoms with Gasteiger partial charge in [-0.25, -0.2) is 0 Å². The van der Waals surface area contributed by atoms with E-state index >= 15 is 0 Å². The highest BCUT2D eigenvalue weighted by molar-refractivity contribution is 5.42. The Bertz CT molecular complexity index is 366. The number of anilines is 1. The third kappa shape index (κ3) is 4.77. The normalized spacial score (nSPS) is 11.8. The van der Waals surface area contributed by atoms with Gasteiger partial charge in [-0.2, -0.15) is 0 Å². The summed E-state index contributed by atoms with van der Waals surface area (Å²) >= 11 is 0. The van der Waals surface area contributed by atoms with Gasteiger partial charge in [0.2, 0.25) is 0 Å². The van der Waals surface area contributed by atoms with Crippen molar-refractivity contribution in [2.75, 3.05) is 19.0 Å². The van der Waals surface area contributed by atoms with Crippen LogP contribution >= 0.6 is 0 Å². The second-order valence-electron chi connectivity index (χ2n) is 3.92. The SMILES string of the molecule is C/C=C(\C=C/CC)N(C)CNc1ccccc1. The summed E-state index contributed by atoms with van der Waals surface area (Å²) in [6.07, 6.45) is 7.52. The van der Waals surface area contributed by atoms with Crippen LogP contribution in [0.15, 0.2) is 54.3 Å². The molecule has 17 heavy (non-hydrogen) atoms. The molecular formula is C15H22N2. The Hall–Kier alpha value is -1.70. The first kappa shape index (κ1) is 13.4. The van der Waals surface area contributed by atoms with Crippen LogP contribution in [0.3, 0.4) is 0 Å². The first-order valence-corrected chi connectivity index (χ1v) is 6.10. The van der Waals surface area contributed by atoms with Crippen LogP contribution in [0.25, 0.3) is 0 Å². The highest BCUT2D eigenvalue weighted by atomic mass is 15.2. The first-order valence-electron chi connectivity index (χ1n) is 6.10. The van der Waals surface area contributed by atoms with E-state index in [9.17, 15) is 0 Å². The van der Waals surface area contributed by atoms with E-state index in [-0.39, 0.29) is 0 Å². The second-order valence-corrected chi connectivity index (χ2v) is 3.92. The molecule has 1 aromatic rings. The van der Waals surface area contributed by atoms with Crippen molar-refractivity contribution in [3.8, 4) is 0 Å². The van der Waals surface area contributed by atoms with Crippen molar-refractivity contribution in [2.45, 2.75) is 20.3 Å². The van der Waals surface area contributed by atoms with Crippen molar-refractivity contribution >= 4 is 5.69 Å². The molecule has 0 radical (unpaired) electrons. The third-order valence-electron chi connectivity index (χ3n) is 2.55. The summed E-state index contributed by atoms with van der Waals surface area (Å²) in [5.74, 6) is 0. The number of para-hydroxylation sites is 1. The Kier molecular flexibility index (Phi) is 5.94. The molecule has 1 rings (SSSR count). The number of allylic oxidation sites excluding steroid dienone is 3. The lowest BCUT2D eigenvalue weighted by atomic mass is 10.3. The van der Waals surface area contributed by atoms with E-state index in [1.807, 2.05) is 18.2 Å². The van der Waals surface area contributed by atoms with E-state index in [0.717, 1.165) is 18.8 Å². The third-order valence-corrected chi connectivity index (χ3v) is 2.55. The lowest BCUT2D eigenvalue weighted by Crippen LogP contribution is -2.23. The molecule has 0 aliphatic carbocycles. The standard InChI is InChI=1S/C15H22N2/c1-4-6-12-15(5-2)17(3)13-16-14-10-8-7-9-11-14/h5-12,16H,4,13H2,1-3H3/b12-6-,15-5+. The average molecular weight is 230 g/mol. The largest absolute Gasteiger partial charge is 0.368 e. The minimum Gasteiger partial charge on any atom is -0.368 e. The molecule has 0 fully saturated rings. The number of hydrogen-bond acceptors (Lipinski definition) is 2. The monoisotopic (exact) mass is 230 g/mol. The number of likely N-dealkylation sites (N-methyl/N-ethyl adjacent to an activating group) is 1. The summed E-state index contributed by atoms with van der Waals surface area (Å²) < 4.78 is 0. The number of hydrogen-bond donors (Lipinski definition) is 1. The van der Waals surface area contributed by atoms with Crippen molar-refractivity contribution in [3.63, 3.8) is 0 Å². The molecule has 2 heteroatoms. The van der Waals surface area contributed by atoms with Crippen LogP contribution in [0.4, 0.5) is 5.69 Å². The van der Waals surface area contributed by atoms with Crippen LogP contribution in [0.5, 0.6) is 0 Å². The smallest absolute Gasteiger partial charge is 0.0873 e. The Morgan fingerprint density at radius 1 is 1.29 bits per heavy atom. The van der Waals surface area contributed by atoms with Crippen molar-refractivity contribution in [3.05, 3.63) is 54.3 Å². The Morgan fingerprint density at radius 3 is 2.59 bits per heavy atom. The number of benzene rings is 1. The summed E-state index contributed by atoms with van der Waals surface area (Å²) in [7, 11) is 2.09. The van der Waals surface area contributed by atoms with Gasteiger partial charge < -0.3 is 10.2 Å². The summed E-state index contributed by atoms with van der Waals surface area (Å²) in [4.78, 5) is 2.19. The fourth-order valence-electron chi connectivity index (χ4n) is 1.54. The number of rotatable bonds is 6. The molecular weight excluding hydrogens is 208 g/mol. The maximum Gasteiger partial charge on any atom is 0.0873 e. The summed E-state index contributed by atoms with van der Waals surface area (Å²) in [5, 5.41) is 3.39. The van der Waals surface area contributed by atoms with Crippen molar-refractivity contribution in [1.29, 1.82) is 0 Å². The molecule has 0 unspecified atom stereocenters. The zero-order chi connectivity index (χ0) is 12.5. The zero-order valence-electron chi connectivity index (χ0n) is 11.0. The molecule has 0 saturated heterocycles. The lowest BCUT2D eigenvalue weighted by molar-refractivity contribution is 0.461. The molecule has 0 aliphatic heterocycles. The number of nitrogens with one attached hydrogen (secondary N) is 1. The highest BCUT2D eigenvalue weighted by Crippen LogP contribution is 2.08. The van der Waals surface area contributed by atoms with Crippen LogP contribution < -0.4 is 5.32 Å². The summed E-state index contributed by atoms with van der Waals surface area (Å²) in [6.45, 7) is 5.01. The molecule has 1 aromatic carbocycles. The van der Waals surface area contributed by atoms with Crippen molar-refractivity contribution < 1.29 is 0 Å². The lowest BCUT2D eigenvalue weighted by Gasteiger charge is -2.21. The van der Waals surface area contributed by atoms with Crippen LogP contribution in [0.2, 0.25) is 0 Å². The van der Waals surface area contributed by atoms with Gasteiger partial charge in [0.15, 0.2) is 0 Å². The van der Waals surface area contributed by atoms with Crippen LogP contribution in [-0.2, 0) is 0 Å². The van der Waals surface area contributed by atoms with Crippen LogP contribution in [0.1, 0.15) is 20.3 Å². The Labute approximate surface area is 105 Å². The van der Waals surface area contributed by atoms with Gasteiger partial charge in [0.25, 0.3) is 0 Å². The first-order chi connectivity index (χ1) is 8.27. The van der Waals surface area contributed by atoms with Gasteiger partial charge in [-0.3, -0.25) is 0 Å². The molecule has 0 aromatic heterocycles. The van der Waals surface area contributed by atoms with Gasteiger partial charge >= 0.3 is 0 Å². The van der Waals surface area contributed by atoms with Gasteiger partial charge in [0, 0.05) is 18.4 Å². The predicted octanol–water partition coefficient (Wildman–Crippen LogP) is 3.86. The maximum absolute atomic E-state index is 3.39. The number of nitrogens with zero attached hydrogens (tertiary/aromatic N) is 1. The minimum absolute atomic E-state index is 0.803. The molecule has 0 bridgehead atoms.